The Bertz CT molecular complexity index is 278. The number of rotatable bonds is 0. The summed E-state index contributed by atoms with van der Waals surface area (Å²) < 4.78 is 5.47. The van der Waals surface area contributed by atoms with E-state index in [2.05, 4.69) is 52.7 Å². The van der Waals surface area contributed by atoms with Crippen LogP contribution in [-0.2, 0) is 14.1 Å². The van der Waals surface area contributed by atoms with E-state index in [1.165, 1.54) is 15.7 Å². The van der Waals surface area contributed by atoms with E-state index in [0.717, 1.165) is 0 Å². The number of aromatic nitrogens is 2. The predicted molar refractivity (Wildman–Crippen MR) is 42.9 cm³/mol. The van der Waals surface area contributed by atoms with Gasteiger partial charge in [-0.15, -0.1) is 0 Å². The van der Waals surface area contributed by atoms with Gasteiger partial charge in [-0.05, 0) is 0 Å². The van der Waals surface area contributed by atoms with E-state index in [4.69, 9.17) is 0 Å². The van der Waals surface area contributed by atoms with Crippen molar-refractivity contribution in [1.82, 2.24) is 9.13 Å². The van der Waals surface area contributed by atoms with Crippen LogP contribution in [0.2, 0.25) is 0 Å². The molecule has 0 atom stereocenters. The molecule has 1 aromatic rings. The van der Waals surface area contributed by atoms with Crippen LogP contribution in [-0.4, -0.2) is 24.7 Å². The molecule has 10 heavy (non-hydrogen) atoms. The Hall–Kier alpha value is -0.271. The molecule has 0 saturated heterocycles. The second-order valence-electron chi connectivity index (χ2n) is 2.57. The Kier molecular flexibility index (Phi) is 1.88. The third kappa shape index (κ3) is 0.899. The van der Waals surface area contributed by atoms with Gasteiger partial charge in [0.15, 0.2) is 0 Å². The molecule has 0 aliphatic carbocycles. The summed E-state index contributed by atoms with van der Waals surface area (Å²) >= 11 is 3.03. The summed E-state index contributed by atoms with van der Waals surface area (Å²) in [5.41, 5.74) is 2.63. The van der Waals surface area contributed by atoms with Crippen molar-refractivity contribution < 1.29 is 0 Å². The summed E-state index contributed by atoms with van der Waals surface area (Å²) in [5, 5.41) is 0. The first kappa shape index (κ1) is 7.83. The summed E-state index contributed by atoms with van der Waals surface area (Å²) in [6, 6.07) is 0. The molecule has 0 radical (unpaired) electrons. The van der Waals surface area contributed by atoms with Gasteiger partial charge in [-0.2, -0.15) is 0 Å². The molecule has 3 heteroatoms. The van der Waals surface area contributed by atoms with Gasteiger partial charge in [-0.3, -0.25) is 0 Å². The van der Waals surface area contributed by atoms with E-state index in [9.17, 15) is 0 Å². The Balaban J connectivity index is 3.60. The summed E-state index contributed by atoms with van der Waals surface area (Å²) in [5.74, 6) is 0. The van der Waals surface area contributed by atoms with Crippen LogP contribution in [0, 0.1) is 18.2 Å². The SMILES string of the molecule is Cc1c(C)n(C)c(=[Se])n1C. The van der Waals surface area contributed by atoms with E-state index in [1.54, 1.807) is 0 Å². The Morgan fingerprint density at radius 3 is 1.40 bits per heavy atom. The van der Waals surface area contributed by atoms with Gasteiger partial charge in [0.2, 0.25) is 0 Å². The van der Waals surface area contributed by atoms with Gasteiger partial charge >= 0.3 is 68.4 Å². The second kappa shape index (κ2) is 2.40. The van der Waals surface area contributed by atoms with Crippen LogP contribution in [0.4, 0.5) is 0 Å². The Labute approximate surface area is 68.8 Å². The molecule has 0 unspecified atom stereocenters. The third-order valence-corrected chi connectivity index (χ3v) is 3.25. The van der Waals surface area contributed by atoms with Crippen molar-refractivity contribution in [2.45, 2.75) is 13.8 Å². The number of imidazole rings is 1. The molecule has 0 amide bonds. The Morgan fingerprint density at radius 2 is 1.30 bits per heavy atom. The molecule has 0 spiro atoms. The first-order valence-corrected chi connectivity index (χ1v) is 4.10. The van der Waals surface area contributed by atoms with Gasteiger partial charge in [0.25, 0.3) is 0 Å². The molecule has 0 bridgehead atoms. The monoisotopic (exact) mass is 204 g/mol. The van der Waals surface area contributed by atoms with Crippen LogP contribution in [0.25, 0.3) is 0 Å². The van der Waals surface area contributed by atoms with Crippen LogP contribution >= 0.6 is 0 Å². The average Bonchev–Trinajstić information content (AvgIpc) is 2.07. The van der Waals surface area contributed by atoms with Crippen molar-refractivity contribution in [2.75, 3.05) is 0 Å². The van der Waals surface area contributed by atoms with Crippen LogP contribution in [0.1, 0.15) is 11.4 Å². The van der Waals surface area contributed by atoms with Crippen LogP contribution in [0.15, 0.2) is 0 Å². The first-order chi connectivity index (χ1) is 4.55. The summed E-state index contributed by atoms with van der Waals surface area (Å²) in [6.45, 7) is 4.24. The fourth-order valence-corrected chi connectivity index (χ4v) is 1.57. The van der Waals surface area contributed by atoms with Crippen molar-refractivity contribution in [3.63, 3.8) is 0 Å². The molecule has 1 rings (SSSR count). The number of hydrogen-bond acceptors (Lipinski definition) is 0. The van der Waals surface area contributed by atoms with Crippen LogP contribution < -0.4 is 0 Å². The molecule has 0 aliphatic heterocycles. The maximum atomic E-state index is 3.03. The summed E-state index contributed by atoms with van der Waals surface area (Å²) in [4.78, 5) is 0. The normalized spacial score (nSPS) is 10.4. The Morgan fingerprint density at radius 1 is 1.00 bits per heavy atom. The molecule has 0 saturated carbocycles. The maximum absolute atomic E-state index is 3.03. The molecule has 0 fully saturated rings. The van der Waals surface area contributed by atoms with E-state index in [-0.39, 0.29) is 0 Å². The van der Waals surface area contributed by atoms with Crippen LogP contribution in [0.5, 0.6) is 0 Å². The standard InChI is InChI=1S/C7H12N2Se/c1-5-6(2)9(4)7(10)8(5)3/h1-4H3. The molecule has 1 aromatic heterocycles. The van der Waals surface area contributed by atoms with Gasteiger partial charge in [0, 0.05) is 0 Å². The fraction of sp³-hybridized carbons (Fsp3) is 0.571. The molecule has 0 N–H and O–H groups in total. The van der Waals surface area contributed by atoms with Crippen molar-refractivity contribution >= 4 is 15.6 Å². The van der Waals surface area contributed by atoms with E-state index >= 15 is 0 Å². The molecule has 56 valence electrons. The minimum absolute atomic E-state index is 1.18. The van der Waals surface area contributed by atoms with Crippen molar-refractivity contribution in [2.24, 2.45) is 14.1 Å². The van der Waals surface area contributed by atoms with Crippen LogP contribution in [0.3, 0.4) is 0 Å². The zero-order valence-corrected chi connectivity index (χ0v) is 8.52. The molecular weight excluding hydrogens is 191 g/mol. The number of nitrogens with zero attached hydrogens (tertiary/aromatic N) is 2. The quantitative estimate of drug-likeness (QED) is 0.549. The zero-order chi connectivity index (χ0) is 7.89. The van der Waals surface area contributed by atoms with Crippen molar-refractivity contribution in [1.29, 1.82) is 0 Å². The van der Waals surface area contributed by atoms with E-state index in [1.807, 2.05) is 0 Å². The molecule has 0 aromatic carbocycles. The minimum atomic E-state index is 1.18. The van der Waals surface area contributed by atoms with Gasteiger partial charge in [-0.25, -0.2) is 0 Å². The van der Waals surface area contributed by atoms with Gasteiger partial charge in [-0.1, -0.05) is 0 Å². The van der Waals surface area contributed by atoms with E-state index < -0.39 is 0 Å². The second-order valence-corrected chi connectivity index (χ2v) is 3.34. The third-order valence-electron chi connectivity index (χ3n) is 2.10. The summed E-state index contributed by atoms with van der Waals surface area (Å²) in [6.07, 6.45) is 0. The molecular formula is C7H12N2Se. The fourth-order valence-electron chi connectivity index (χ4n) is 0.997. The topological polar surface area (TPSA) is 9.86 Å². The van der Waals surface area contributed by atoms with Gasteiger partial charge < -0.3 is 0 Å². The number of hydrogen-bond donors (Lipinski definition) is 0. The molecule has 0 aliphatic rings. The molecule has 2 nitrogen and oxygen atoms in total. The van der Waals surface area contributed by atoms with E-state index in [0.29, 0.717) is 0 Å². The average molecular weight is 203 g/mol. The molecule has 1 heterocycles. The van der Waals surface area contributed by atoms with Gasteiger partial charge in [0.1, 0.15) is 0 Å². The predicted octanol–water partition coefficient (Wildman–Crippen LogP) is 0.681. The van der Waals surface area contributed by atoms with Crippen molar-refractivity contribution in [3.8, 4) is 0 Å². The van der Waals surface area contributed by atoms with Gasteiger partial charge in [0.05, 0.1) is 0 Å². The first-order valence-electron chi connectivity index (χ1n) is 3.24. The van der Waals surface area contributed by atoms with Crippen molar-refractivity contribution in [3.05, 3.63) is 15.7 Å². The zero-order valence-electron chi connectivity index (χ0n) is 6.80. The summed E-state index contributed by atoms with van der Waals surface area (Å²) in [7, 11) is 4.13.